The van der Waals surface area contributed by atoms with Crippen LogP contribution in [0.5, 0.6) is 0 Å². The van der Waals surface area contributed by atoms with E-state index in [9.17, 15) is 0 Å². The minimum atomic E-state index is 0.870. The van der Waals surface area contributed by atoms with Crippen LogP contribution in [0.2, 0.25) is 0 Å². The van der Waals surface area contributed by atoms with Crippen molar-refractivity contribution in [2.45, 2.75) is 0 Å². The van der Waals surface area contributed by atoms with Crippen LogP contribution in [0.15, 0.2) is 121 Å². The Balaban J connectivity index is 1.55. The van der Waals surface area contributed by atoms with E-state index in [0.29, 0.717) is 0 Å². The first-order valence-corrected chi connectivity index (χ1v) is 12.1. The average molecular weight is 461 g/mol. The molecule has 0 aliphatic heterocycles. The topological polar surface area (TPSA) is 35.6 Å². The van der Waals surface area contributed by atoms with E-state index in [2.05, 4.69) is 112 Å². The number of fused-ring (bicyclic) bond motifs is 7. The number of nitrogens with zero attached hydrogens (tertiary/aromatic N) is 4. The normalized spacial score (nSPS) is 11.9. The number of hydrogen-bond acceptors (Lipinski definition) is 2. The monoisotopic (exact) mass is 460 g/mol. The van der Waals surface area contributed by atoms with Crippen LogP contribution in [0.1, 0.15) is 0 Å². The van der Waals surface area contributed by atoms with Gasteiger partial charge in [-0.3, -0.25) is 9.13 Å². The molecule has 168 valence electrons. The van der Waals surface area contributed by atoms with E-state index < -0.39 is 0 Å². The molecule has 0 saturated carbocycles. The predicted octanol–water partition coefficient (Wildman–Crippen LogP) is 7.82. The summed E-state index contributed by atoms with van der Waals surface area (Å²) in [4.78, 5) is 10.2. The molecule has 0 atom stereocenters. The zero-order chi connectivity index (χ0) is 23.6. The van der Waals surface area contributed by atoms with Gasteiger partial charge in [0.15, 0.2) is 0 Å². The van der Waals surface area contributed by atoms with Gasteiger partial charge in [0.2, 0.25) is 0 Å². The van der Waals surface area contributed by atoms with Crippen molar-refractivity contribution < 1.29 is 0 Å². The third-order valence-corrected chi connectivity index (χ3v) is 7.14. The molecule has 0 unspecified atom stereocenters. The van der Waals surface area contributed by atoms with E-state index in [4.69, 9.17) is 9.97 Å². The van der Waals surface area contributed by atoms with E-state index in [1.165, 1.54) is 10.8 Å². The van der Waals surface area contributed by atoms with E-state index in [0.717, 1.165) is 55.4 Å². The van der Waals surface area contributed by atoms with Crippen molar-refractivity contribution in [3.63, 3.8) is 0 Å². The zero-order valence-electron chi connectivity index (χ0n) is 19.3. The van der Waals surface area contributed by atoms with Crippen molar-refractivity contribution >= 4 is 54.6 Å². The van der Waals surface area contributed by atoms with E-state index in [1.807, 2.05) is 18.3 Å². The number of rotatable bonds is 2. The van der Waals surface area contributed by atoms with Crippen LogP contribution in [-0.2, 0) is 0 Å². The minimum absolute atomic E-state index is 0.870. The maximum Gasteiger partial charge on any atom is 0.149 e. The summed E-state index contributed by atoms with van der Waals surface area (Å²) in [5.74, 6) is 0.870. The molecular weight excluding hydrogens is 440 g/mol. The Morgan fingerprint density at radius 1 is 0.472 bits per heavy atom. The van der Waals surface area contributed by atoms with Crippen molar-refractivity contribution in [2.24, 2.45) is 0 Å². The fourth-order valence-electron chi connectivity index (χ4n) is 5.52. The van der Waals surface area contributed by atoms with Gasteiger partial charge < -0.3 is 0 Å². The van der Waals surface area contributed by atoms with Gasteiger partial charge in [-0.2, -0.15) is 0 Å². The summed E-state index contributed by atoms with van der Waals surface area (Å²) in [6, 6.07) is 40.3. The lowest BCUT2D eigenvalue weighted by molar-refractivity contribution is 1.06. The SMILES string of the molecule is c1ccc(-n2c3ccccc3c3cc4c5ccccc5n(-c5cc6ccccc6cn5)c4nc32)cc1. The Labute approximate surface area is 206 Å². The first-order chi connectivity index (χ1) is 17.9. The van der Waals surface area contributed by atoms with Crippen molar-refractivity contribution in [3.8, 4) is 11.5 Å². The molecule has 0 amide bonds. The molecular formula is C32H20N4. The summed E-state index contributed by atoms with van der Waals surface area (Å²) in [7, 11) is 0. The lowest BCUT2D eigenvalue weighted by atomic mass is 10.1. The summed E-state index contributed by atoms with van der Waals surface area (Å²) >= 11 is 0. The molecule has 8 rings (SSSR count). The van der Waals surface area contributed by atoms with E-state index >= 15 is 0 Å². The highest BCUT2D eigenvalue weighted by molar-refractivity contribution is 6.16. The van der Waals surface area contributed by atoms with Crippen LogP contribution in [0.4, 0.5) is 0 Å². The highest BCUT2D eigenvalue weighted by Crippen LogP contribution is 2.37. The molecule has 0 aliphatic carbocycles. The Hall–Kier alpha value is -4.96. The summed E-state index contributed by atoms with van der Waals surface area (Å²) in [5.41, 5.74) is 5.21. The average Bonchev–Trinajstić information content (AvgIpc) is 3.44. The number of para-hydroxylation sites is 3. The second-order valence-electron chi connectivity index (χ2n) is 9.16. The van der Waals surface area contributed by atoms with Gasteiger partial charge in [0.05, 0.1) is 11.0 Å². The zero-order valence-corrected chi connectivity index (χ0v) is 19.3. The molecule has 0 fully saturated rings. The van der Waals surface area contributed by atoms with Gasteiger partial charge in [-0.05, 0) is 41.8 Å². The Bertz CT molecular complexity index is 2100. The molecule has 4 nitrogen and oxygen atoms in total. The fourth-order valence-corrected chi connectivity index (χ4v) is 5.52. The van der Waals surface area contributed by atoms with Gasteiger partial charge in [0.1, 0.15) is 17.1 Å². The molecule has 0 radical (unpaired) electrons. The second kappa shape index (κ2) is 7.27. The van der Waals surface area contributed by atoms with Gasteiger partial charge in [-0.15, -0.1) is 0 Å². The van der Waals surface area contributed by atoms with E-state index in [1.54, 1.807) is 0 Å². The van der Waals surface area contributed by atoms with Crippen molar-refractivity contribution in [1.82, 2.24) is 19.1 Å². The number of aromatic nitrogens is 4. The van der Waals surface area contributed by atoms with Crippen LogP contribution in [0.25, 0.3) is 66.2 Å². The largest absolute Gasteiger partial charge is 0.294 e. The Morgan fingerprint density at radius 3 is 1.81 bits per heavy atom. The second-order valence-corrected chi connectivity index (χ2v) is 9.16. The Kier molecular flexibility index (Phi) is 3.91. The van der Waals surface area contributed by atoms with Crippen LogP contribution < -0.4 is 0 Å². The predicted molar refractivity (Wildman–Crippen MR) is 148 cm³/mol. The van der Waals surface area contributed by atoms with Crippen LogP contribution >= 0.6 is 0 Å². The Morgan fingerprint density at radius 2 is 1.06 bits per heavy atom. The molecule has 0 spiro atoms. The third kappa shape index (κ3) is 2.64. The summed E-state index contributed by atoms with van der Waals surface area (Å²) in [6.07, 6.45) is 1.95. The molecule has 0 bridgehead atoms. The van der Waals surface area contributed by atoms with E-state index in [-0.39, 0.29) is 0 Å². The molecule has 4 heteroatoms. The van der Waals surface area contributed by atoms with Gasteiger partial charge in [0.25, 0.3) is 0 Å². The standard InChI is InChI=1S/C32H20N4/c1-2-12-23(13-3-1)35-28-16-8-6-14-24(28)26-19-27-25-15-7-9-17-29(25)36(32(27)34-31(26)35)30-18-21-10-4-5-11-22(21)20-33-30/h1-20H. The number of hydrogen-bond donors (Lipinski definition) is 0. The van der Waals surface area contributed by atoms with Crippen LogP contribution in [0.3, 0.4) is 0 Å². The van der Waals surface area contributed by atoms with Crippen molar-refractivity contribution in [1.29, 1.82) is 0 Å². The van der Waals surface area contributed by atoms with Crippen LogP contribution in [-0.4, -0.2) is 19.1 Å². The minimum Gasteiger partial charge on any atom is -0.294 e. The maximum atomic E-state index is 5.37. The number of benzene rings is 4. The quantitative estimate of drug-likeness (QED) is 0.264. The highest BCUT2D eigenvalue weighted by Gasteiger charge is 2.19. The molecule has 4 aromatic carbocycles. The van der Waals surface area contributed by atoms with Crippen molar-refractivity contribution in [2.75, 3.05) is 0 Å². The van der Waals surface area contributed by atoms with Crippen molar-refractivity contribution in [3.05, 3.63) is 121 Å². The van der Waals surface area contributed by atoms with Gasteiger partial charge in [0, 0.05) is 38.8 Å². The summed E-state index contributed by atoms with van der Waals surface area (Å²) in [6.45, 7) is 0. The van der Waals surface area contributed by atoms with Gasteiger partial charge in [-0.25, -0.2) is 9.97 Å². The highest BCUT2D eigenvalue weighted by atomic mass is 15.1. The molecule has 4 heterocycles. The molecule has 4 aromatic heterocycles. The summed E-state index contributed by atoms with van der Waals surface area (Å²) in [5, 5.41) is 6.94. The third-order valence-electron chi connectivity index (χ3n) is 7.14. The molecule has 0 aliphatic rings. The smallest absolute Gasteiger partial charge is 0.149 e. The fraction of sp³-hybridized carbons (Fsp3) is 0. The molecule has 0 saturated heterocycles. The van der Waals surface area contributed by atoms with Gasteiger partial charge in [-0.1, -0.05) is 78.9 Å². The van der Waals surface area contributed by atoms with Gasteiger partial charge >= 0.3 is 0 Å². The lowest BCUT2D eigenvalue weighted by Crippen LogP contribution is -2.00. The lowest BCUT2D eigenvalue weighted by Gasteiger charge is -2.09. The summed E-state index contributed by atoms with van der Waals surface area (Å²) < 4.78 is 4.46. The van der Waals surface area contributed by atoms with Crippen LogP contribution in [0, 0.1) is 0 Å². The molecule has 8 aromatic rings. The molecule has 0 N–H and O–H groups in total. The first kappa shape index (κ1) is 19.4. The first-order valence-electron chi connectivity index (χ1n) is 12.1. The maximum absolute atomic E-state index is 5.37. The molecule has 36 heavy (non-hydrogen) atoms. The number of pyridine rings is 2.